The van der Waals surface area contributed by atoms with Crippen LogP contribution < -0.4 is 24.4 Å². The summed E-state index contributed by atoms with van der Waals surface area (Å²) in [6.07, 6.45) is -2.61. The van der Waals surface area contributed by atoms with E-state index in [0.29, 0.717) is 39.4 Å². The van der Waals surface area contributed by atoms with Gasteiger partial charge in [0.25, 0.3) is 5.91 Å². The van der Waals surface area contributed by atoms with Crippen LogP contribution in [0.2, 0.25) is 0 Å². The highest BCUT2D eigenvalue weighted by atomic mass is 127. The Hall–Kier alpha value is -4.08. The predicted molar refractivity (Wildman–Crippen MR) is 148 cm³/mol. The van der Waals surface area contributed by atoms with E-state index in [9.17, 15) is 28.1 Å². The van der Waals surface area contributed by atoms with Crippen molar-refractivity contribution in [3.05, 3.63) is 78.9 Å². The maximum atomic E-state index is 13.0. The zero-order valence-corrected chi connectivity index (χ0v) is 23.5. The molecule has 0 fully saturated rings. The summed E-state index contributed by atoms with van der Waals surface area (Å²) in [6, 6.07) is 9.73. The van der Waals surface area contributed by atoms with Gasteiger partial charge in [0.2, 0.25) is 5.75 Å². The number of nitro groups is 1. The molecule has 0 aliphatic heterocycles. The number of methoxy groups -OCH3 is 2. The van der Waals surface area contributed by atoms with Gasteiger partial charge < -0.3 is 18.9 Å². The minimum atomic E-state index is -4.76. The number of halogens is 4. The molecule has 0 unspecified atom stereocenters. The lowest BCUT2D eigenvalue weighted by Crippen LogP contribution is -2.17. The average Bonchev–Trinajstić information content (AvgIpc) is 2.92. The van der Waals surface area contributed by atoms with E-state index in [0.717, 1.165) is 12.5 Å². The quantitative estimate of drug-likeness (QED) is 0.106. The van der Waals surface area contributed by atoms with Crippen LogP contribution in [0.25, 0.3) is 0 Å². The highest BCUT2D eigenvalue weighted by Crippen LogP contribution is 2.42. The van der Waals surface area contributed by atoms with Gasteiger partial charge in [-0.05, 0) is 77.0 Å². The molecular formula is C26H23F3IN3O7. The summed E-state index contributed by atoms with van der Waals surface area (Å²) in [7, 11) is 2.79. The van der Waals surface area contributed by atoms with Crippen LogP contribution in [0.3, 0.4) is 0 Å². The molecule has 0 saturated heterocycles. The number of rotatable bonds is 11. The minimum Gasteiger partial charge on any atom is -0.493 e. The van der Waals surface area contributed by atoms with E-state index in [-0.39, 0.29) is 17.1 Å². The van der Waals surface area contributed by atoms with Crippen LogP contribution in [-0.2, 0) is 6.18 Å². The van der Waals surface area contributed by atoms with Gasteiger partial charge in [-0.15, -0.1) is 0 Å². The summed E-state index contributed by atoms with van der Waals surface area (Å²) in [4.78, 5) is 23.0. The Kier molecular flexibility index (Phi) is 10.1. The molecule has 0 atom stereocenters. The van der Waals surface area contributed by atoms with Crippen molar-refractivity contribution < 1.29 is 41.8 Å². The molecule has 0 heterocycles. The summed E-state index contributed by atoms with van der Waals surface area (Å²) >= 11 is 1.88. The Morgan fingerprint density at radius 2 is 1.75 bits per heavy atom. The second-order valence-electron chi connectivity index (χ2n) is 7.99. The molecule has 3 aromatic rings. The van der Waals surface area contributed by atoms with Crippen molar-refractivity contribution >= 4 is 40.4 Å². The number of nitrogens with zero attached hydrogens (tertiary/aromatic N) is 2. The molecular weight excluding hydrogens is 650 g/mol. The van der Waals surface area contributed by atoms with Crippen molar-refractivity contribution in [2.75, 3.05) is 20.8 Å². The molecule has 0 aliphatic carbocycles. The van der Waals surface area contributed by atoms with Crippen LogP contribution in [0.1, 0.15) is 34.8 Å². The molecule has 10 nitrogen and oxygen atoms in total. The number of nitro benzene ring substituents is 1. The van der Waals surface area contributed by atoms with Crippen LogP contribution in [0.5, 0.6) is 28.7 Å². The Balaban J connectivity index is 1.79. The second kappa shape index (κ2) is 13.3. The van der Waals surface area contributed by atoms with E-state index in [2.05, 4.69) is 10.5 Å². The maximum absolute atomic E-state index is 13.0. The molecule has 1 N–H and O–H groups in total. The first-order chi connectivity index (χ1) is 19.0. The van der Waals surface area contributed by atoms with Crippen molar-refractivity contribution in [1.82, 2.24) is 5.43 Å². The molecule has 0 aromatic heterocycles. The number of carbonyl (C=O) groups is 1. The molecule has 212 valence electrons. The molecule has 3 aromatic carbocycles. The maximum Gasteiger partial charge on any atom is 0.416 e. The molecule has 0 saturated carbocycles. The third-order valence-corrected chi connectivity index (χ3v) is 6.02. The number of hydrazone groups is 1. The van der Waals surface area contributed by atoms with Crippen molar-refractivity contribution in [2.24, 2.45) is 5.10 Å². The molecule has 3 rings (SSSR count). The summed E-state index contributed by atoms with van der Waals surface area (Å²) in [6.45, 7) is 2.47. The lowest BCUT2D eigenvalue weighted by Gasteiger charge is -2.14. The summed E-state index contributed by atoms with van der Waals surface area (Å²) in [5, 5.41) is 15.4. The third-order valence-electron chi connectivity index (χ3n) is 5.21. The normalized spacial score (nSPS) is 11.3. The van der Waals surface area contributed by atoms with Gasteiger partial charge in [0.1, 0.15) is 0 Å². The fourth-order valence-corrected chi connectivity index (χ4v) is 4.05. The first kappa shape index (κ1) is 30.5. The summed E-state index contributed by atoms with van der Waals surface area (Å²) in [5.41, 5.74) is 1.12. The van der Waals surface area contributed by atoms with E-state index in [1.807, 2.05) is 29.5 Å². The third kappa shape index (κ3) is 7.52. The van der Waals surface area contributed by atoms with Crippen molar-refractivity contribution in [1.29, 1.82) is 0 Å². The number of ether oxygens (including phenoxy) is 4. The Labute approximate surface area is 240 Å². The molecule has 0 spiro atoms. The second-order valence-corrected chi connectivity index (χ2v) is 9.15. The standard InChI is InChI=1S/C26H23F3IN3O7/c1-4-9-39-21-7-5-16(12-22(21)37-2)25(34)32-31-14-15-10-18(30)24(23(11-15)38-3)40-20-8-6-17(26(27,28)29)13-19(20)33(35)36/h5-8,10-14H,4,9H2,1-3H3,(H,32,34)/b31-14+. The summed E-state index contributed by atoms with van der Waals surface area (Å²) < 4.78 is 61.3. The van der Waals surface area contributed by atoms with Crippen LogP contribution in [0.15, 0.2) is 53.6 Å². The topological polar surface area (TPSA) is 122 Å². The van der Waals surface area contributed by atoms with E-state index in [1.54, 1.807) is 18.2 Å². The molecule has 0 bridgehead atoms. The van der Waals surface area contributed by atoms with Crippen LogP contribution in [-0.4, -0.2) is 37.9 Å². The fourth-order valence-electron chi connectivity index (χ4n) is 3.32. The Morgan fingerprint density at radius 3 is 2.38 bits per heavy atom. The van der Waals surface area contributed by atoms with E-state index in [1.165, 1.54) is 32.6 Å². The molecule has 0 aliphatic rings. The fraction of sp³-hybridized carbons (Fsp3) is 0.231. The van der Waals surface area contributed by atoms with E-state index >= 15 is 0 Å². The molecule has 14 heteroatoms. The van der Waals surface area contributed by atoms with Gasteiger partial charge in [0.05, 0.1) is 41.1 Å². The number of alkyl halides is 3. The molecule has 0 radical (unpaired) electrons. The largest absolute Gasteiger partial charge is 0.493 e. The zero-order chi connectivity index (χ0) is 29.4. The summed E-state index contributed by atoms with van der Waals surface area (Å²) in [5.74, 6) is 0.173. The van der Waals surface area contributed by atoms with E-state index < -0.39 is 34.0 Å². The zero-order valence-electron chi connectivity index (χ0n) is 21.4. The number of amides is 1. The number of nitrogens with one attached hydrogen (secondary N) is 1. The van der Waals surface area contributed by atoms with Gasteiger partial charge in [-0.3, -0.25) is 14.9 Å². The highest BCUT2D eigenvalue weighted by molar-refractivity contribution is 14.1. The first-order valence-electron chi connectivity index (χ1n) is 11.5. The smallest absolute Gasteiger partial charge is 0.416 e. The van der Waals surface area contributed by atoms with Gasteiger partial charge in [0, 0.05) is 11.6 Å². The van der Waals surface area contributed by atoms with Gasteiger partial charge >= 0.3 is 11.9 Å². The molecule has 1 amide bonds. The monoisotopic (exact) mass is 673 g/mol. The highest BCUT2D eigenvalue weighted by Gasteiger charge is 2.33. The number of hydrogen-bond acceptors (Lipinski definition) is 8. The van der Waals surface area contributed by atoms with E-state index in [4.69, 9.17) is 18.9 Å². The van der Waals surface area contributed by atoms with Crippen molar-refractivity contribution in [2.45, 2.75) is 19.5 Å². The Morgan fingerprint density at radius 1 is 1.05 bits per heavy atom. The number of benzene rings is 3. The van der Waals surface area contributed by atoms with Gasteiger partial charge in [-0.2, -0.15) is 18.3 Å². The Bertz CT molecular complexity index is 1430. The van der Waals surface area contributed by atoms with Gasteiger partial charge in [-0.25, -0.2) is 5.43 Å². The molecule has 40 heavy (non-hydrogen) atoms. The lowest BCUT2D eigenvalue weighted by molar-refractivity contribution is -0.385. The SMILES string of the molecule is CCCOc1ccc(C(=O)N/N=C/c2cc(I)c(Oc3ccc(C(F)(F)F)cc3[N+](=O)[O-])c(OC)c2)cc1OC. The van der Waals surface area contributed by atoms with Crippen molar-refractivity contribution in [3.8, 4) is 28.7 Å². The number of hydrogen-bond donors (Lipinski definition) is 1. The first-order valence-corrected chi connectivity index (χ1v) is 12.6. The lowest BCUT2D eigenvalue weighted by atomic mass is 10.1. The van der Waals surface area contributed by atoms with Gasteiger partial charge in [0.15, 0.2) is 23.0 Å². The number of carbonyl (C=O) groups excluding carboxylic acids is 1. The van der Waals surface area contributed by atoms with Crippen LogP contribution in [0, 0.1) is 13.7 Å². The van der Waals surface area contributed by atoms with Crippen LogP contribution in [0.4, 0.5) is 18.9 Å². The van der Waals surface area contributed by atoms with Gasteiger partial charge in [-0.1, -0.05) is 6.92 Å². The predicted octanol–water partition coefficient (Wildman–Crippen LogP) is 6.58. The average molecular weight is 673 g/mol. The van der Waals surface area contributed by atoms with Crippen LogP contribution >= 0.6 is 22.6 Å². The minimum absolute atomic E-state index is 0.0459. The van der Waals surface area contributed by atoms with Crippen molar-refractivity contribution in [3.63, 3.8) is 0 Å².